The zero-order valence-corrected chi connectivity index (χ0v) is 23.8. The minimum Gasteiger partial charge on any atom is -0.511 e. The standard InChI is InChI=1S/C33H44O4/c1-21(2)14-16-25-20-32(19-18-23(5)6)28(35)26(17-15-22(3)4)29(36)33(30(32)37,31(25,7)8)27(34)24-12-10-9-11-13-24/h9-15,18,25,28,35-36H,16-17,19-20H2,1-8H3/t25-,28-,32+,33-/m0/s1. The van der Waals surface area contributed by atoms with Crippen molar-refractivity contribution in [2.24, 2.45) is 22.2 Å². The highest BCUT2D eigenvalue weighted by atomic mass is 16.3. The SMILES string of the molecule is CC(C)=CCC1=C(O)[C@@]2(C(=O)c3ccccc3)C(=O)[C@](CC=C(C)C)(C[C@H](CC=C(C)C)C2(C)C)[C@H]1O. The number of allylic oxidation sites excluding steroid dienone is 7. The average molecular weight is 505 g/mol. The van der Waals surface area contributed by atoms with Crippen molar-refractivity contribution in [3.05, 3.63) is 82.2 Å². The topological polar surface area (TPSA) is 74.6 Å². The summed E-state index contributed by atoms with van der Waals surface area (Å²) in [5.41, 5.74) is 0.151. The zero-order chi connectivity index (χ0) is 27.8. The smallest absolute Gasteiger partial charge is 0.184 e. The van der Waals surface area contributed by atoms with Crippen LogP contribution in [0.15, 0.2) is 76.6 Å². The van der Waals surface area contributed by atoms with Gasteiger partial charge in [-0.25, -0.2) is 0 Å². The summed E-state index contributed by atoms with van der Waals surface area (Å²) in [4.78, 5) is 29.4. The van der Waals surface area contributed by atoms with Crippen molar-refractivity contribution >= 4 is 11.6 Å². The van der Waals surface area contributed by atoms with Crippen molar-refractivity contribution in [3.63, 3.8) is 0 Å². The van der Waals surface area contributed by atoms with Crippen LogP contribution in [0.3, 0.4) is 0 Å². The monoisotopic (exact) mass is 504 g/mol. The molecule has 0 radical (unpaired) electrons. The minimum atomic E-state index is -1.79. The molecule has 4 heteroatoms. The van der Waals surface area contributed by atoms with E-state index in [4.69, 9.17) is 0 Å². The molecule has 1 aromatic carbocycles. The van der Waals surface area contributed by atoms with Crippen LogP contribution in [-0.2, 0) is 4.79 Å². The Hall–Kier alpha value is -2.72. The van der Waals surface area contributed by atoms with Crippen LogP contribution in [0.25, 0.3) is 0 Å². The van der Waals surface area contributed by atoms with E-state index in [0.29, 0.717) is 30.4 Å². The zero-order valence-electron chi connectivity index (χ0n) is 23.8. The third-order valence-electron chi connectivity index (χ3n) is 8.70. The second kappa shape index (κ2) is 10.6. The van der Waals surface area contributed by atoms with Crippen molar-refractivity contribution in [1.29, 1.82) is 0 Å². The first-order chi connectivity index (χ1) is 17.2. The number of aliphatic hydroxyl groups is 2. The molecule has 0 aromatic heterocycles. The third-order valence-corrected chi connectivity index (χ3v) is 8.70. The van der Waals surface area contributed by atoms with E-state index >= 15 is 0 Å². The molecule has 0 unspecified atom stereocenters. The molecule has 0 aliphatic heterocycles. The lowest BCUT2D eigenvalue weighted by molar-refractivity contribution is -0.169. The van der Waals surface area contributed by atoms with Crippen molar-refractivity contribution < 1.29 is 19.8 Å². The Kier molecular flexibility index (Phi) is 8.24. The van der Waals surface area contributed by atoms with Crippen LogP contribution in [0.5, 0.6) is 0 Å². The summed E-state index contributed by atoms with van der Waals surface area (Å²) in [6.07, 6.45) is 6.64. The van der Waals surface area contributed by atoms with Gasteiger partial charge in [-0.1, -0.05) is 79.1 Å². The van der Waals surface area contributed by atoms with Gasteiger partial charge in [0.1, 0.15) is 5.76 Å². The number of fused-ring (bicyclic) bond motifs is 2. The van der Waals surface area contributed by atoms with Crippen LogP contribution in [0.4, 0.5) is 0 Å². The van der Waals surface area contributed by atoms with Gasteiger partial charge in [-0.15, -0.1) is 0 Å². The van der Waals surface area contributed by atoms with Crippen LogP contribution in [-0.4, -0.2) is 27.9 Å². The number of benzene rings is 1. The molecule has 2 aliphatic carbocycles. The number of aliphatic hydroxyl groups excluding tert-OH is 2. The van der Waals surface area contributed by atoms with E-state index < -0.39 is 22.3 Å². The summed E-state index contributed by atoms with van der Waals surface area (Å²) in [6.45, 7) is 15.8. The molecule has 2 bridgehead atoms. The highest BCUT2D eigenvalue weighted by Crippen LogP contribution is 2.67. The first-order valence-electron chi connectivity index (χ1n) is 13.4. The maximum Gasteiger partial charge on any atom is 0.184 e. The predicted molar refractivity (Wildman–Crippen MR) is 150 cm³/mol. The highest BCUT2D eigenvalue weighted by molar-refractivity contribution is 6.20. The minimum absolute atomic E-state index is 0.111. The first-order valence-corrected chi connectivity index (χ1v) is 13.4. The van der Waals surface area contributed by atoms with E-state index in [9.17, 15) is 19.8 Å². The Bertz CT molecular complexity index is 1170. The van der Waals surface area contributed by atoms with Gasteiger partial charge in [0, 0.05) is 11.1 Å². The molecule has 4 nitrogen and oxygen atoms in total. The molecule has 3 rings (SSSR count). The maximum atomic E-state index is 14.8. The van der Waals surface area contributed by atoms with Crippen molar-refractivity contribution in [1.82, 2.24) is 0 Å². The lowest BCUT2D eigenvalue weighted by Gasteiger charge is -2.61. The largest absolute Gasteiger partial charge is 0.511 e. The van der Waals surface area contributed by atoms with Crippen molar-refractivity contribution in [2.75, 3.05) is 0 Å². The number of Topliss-reactive ketones (excluding diaryl/α,β-unsaturated/α-hetero) is 2. The number of rotatable bonds is 8. The van der Waals surface area contributed by atoms with Gasteiger partial charge in [0.15, 0.2) is 17.0 Å². The highest BCUT2D eigenvalue weighted by Gasteiger charge is 2.74. The fourth-order valence-corrected chi connectivity index (χ4v) is 6.37. The summed E-state index contributed by atoms with van der Waals surface area (Å²) in [7, 11) is 0. The Labute approximate surface area is 222 Å². The molecule has 1 saturated carbocycles. The molecular weight excluding hydrogens is 460 g/mol. The maximum absolute atomic E-state index is 14.8. The molecular formula is C33H44O4. The lowest BCUT2D eigenvalue weighted by atomic mass is 9.39. The Morgan fingerprint density at radius 2 is 1.51 bits per heavy atom. The van der Waals surface area contributed by atoms with E-state index in [1.807, 2.05) is 73.6 Å². The van der Waals surface area contributed by atoms with Crippen LogP contribution < -0.4 is 0 Å². The number of carbonyl (C=O) groups is 2. The molecule has 37 heavy (non-hydrogen) atoms. The van der Waals surface area contributed by atoms with Crippen LogP contribution in [0.1, 0.15) is 91.4 Å². The Morgan fingerprint density at radius 3 is 2.05 bits per heavy atom. The molecule has 0 saturated heterocycles. The van der Waals surface area contributed by atoms with Gasteiger partial charge >= 0.3 is 0 Å². The fraction of sp³-hybridized carbons (Fsp3) is 0.515. The Morgan fingerprint density at radius 1 is 0.946 bits per heavy atom. The van der Waals surface area contributed by atoms with E-state index in [1.54, 1.807) is 24.3 Å². The number of ketones is 2. The van der Waals surface area contributed by atoms with E-state index in [2.05, 4.69) is 6.08 Å². The molecule has 2 N–H and O–H groups in total. The Balaban J connectivity index is 2.45. The van der Waals surface area contributed by atoms with Crippen molar-refractivity contribution in [2.45, 2.75) is 87.2 Å². The second-order valence-electron chi connectivity index (χ2n) is 12.3. The molecule has 4 atom stereocenters. The summed E-state index contributed by atoms with van der Waals surface area (Å²) in [6, 6.07) is 8.82. The van der Waals surface area contributed by atoms with Gasteiger partial charge < -0.3 is 10.2 Å². The predicted octanol–water partition coefficient (Wildman–Crippen LogP) is 7.71. The van der Waals surface area contributed by atoms with Gasteiger partial charge in [-0.05, 0) is 78.6 Å². The normalized spacial score (nSPS) is 28.4. The van der Waals surface area contributed by atoms with Gasteiger partial charge in [0.25, 0.3) is 0 Å². The number of hydrogen-bond donors (Lipinski definition) is 2. The van der Waals surface area contributed by atoms with Crippen LogP contribution in [0, 0.1) is 22.2 Å². The van der Waals surface area contributed by atoms with Crippen LogP contribution >= 0.6 is 0 Å². The molecule has 2 aliphatic rings. The van der Waals surface area contributed by atoms with Crippen molar-refractivity contribution in [3.8, 4) is 0 Å². The average Bonchev–Trinajstić information content (AvgIpc) is 2.82. The van der Waals surface area contributed by atoms with E-state index in [-0.39, 0.29) is 29.7 Å². The molecule has 1 aromatic rings. The first kappa shape index (κ1) is 28.8. The quantitative estimate of drug-likeness (QED) is 0.216. The molecule has 1 fully saturated rings. The summed E-state index contributed by atoms with van der Waals surface area (Å²) >= 11 is 0. The molecule has 0 heterocycles. The lowest BCUT2D eigenvalue weighted by Crippen LogP contribution is -2.69. The molecule has 200 valence electrons. The van der Waals surface area contributed by atoms with Gasteiger partial charge in [-0.3, -0.25) is 9.59 Å². The molecule has 0 amide bonds. The van der Waals surface area contributed by atoms with Crippen LogP contribution in [0.2, 0.25) is 0 Å². The number of hydrogen-bond acceptors (Lipinski definition) is 4. The summed E-state index contributed by atoms with van der Waals surface area (Å²) in [5.74, 6) is -1.10. The summed E-state index contributed by atoms with van der Waals surface area (Å²) in [5, 5.41) is 24.0. The molecule has 0 spiro atoms. The summed E-state index contributed by atoms with van der Waals surface area (Å²) < 4.78 is 0. The van der Waals surface area contributed by atoms with E-state index in [0.717, 1.165) is 16.7 Å². The van der Waals surface area contributed by atoms with Gasteiger partial charge in [-0.2, -0.15) is 0 Å². The van der Waals surface area contributed by atoms with E-state index in [1.165, 1.54) is 0 Å². The fourth-order valence-electron chi connectivity index (χ4n) is 6.37. The number of carbonyl (C=O) groups excluding carboxylic acids is 2. The van der Waals surface area contributed by atoms with Gasteiger partial charge in [0.05, 0.1) is 11.5 Å². The second-order valence-corrected chi connectivity index (χ2v) is 12.3. The third kappa shape index (κ3) is 4.69. The van der Waals surface area contributed by atoms with Gasteiger partial charge in [0.2, 0.25) is 0 Å².